The fraction of sp³-hybridized carbons (Fsp3) is 0.643. The van der Waals surface area contributed by atoms with Gasteiger partial charge in [0.2, 0.25) is 21.8 Å². The van der Waals surface area contributed by atoms with Gasteiger partial charge in [-0.15, -0.1) is 0 Å². The Balaban J connectivity index is 1.95. The van der Waals surface area contributed by atoms with Crippen LogP contribution in [0, 0.1) is 0 Å². The van der Waals surface area contributed by atoms with Crippen LogP contribution in [0.4, 0.5) is 5.69 Å². The monoisotopic (exact) mass is 355 g/mol. The molecule has 24 heavy (non-hydrogen) atoms. The lowest BCUT2D eigenvalue weighted by Crippen LogP contribution is -2.66. The number of sulfonamides is 1. The maximum atomic E-state index is 12.5. The molecule has 2 fully saturated rings. The van der Waals surface area contributed by atoms with Crippen LogP contribution in [0.2, 0.25) is 0 Å². The Hall–Kier alpha value is -1.94. The molecule has 132 valence electrons. The maximum absolute atomic E-state index is 12.5. The van der Waals surface area contributed by atoms with E-state index in [1.54, 1.807) is 29.0 Å². The van der Waals surface area contributed by atoms with E-state index >= 15 is 0 Å². The molecule has 9 nitrogen and oxygen atoms in total. The molecule has 2 aliphatic rings. The number of rotatable bonds is 2. The summed E-state index contributed by atoms with van der Waals surface area (Å²) in [5.74, 6) is -0.411. The third-order valence-electron chi connectivity index (χ3n) is 4.77. The first-order valence-corrected chi connectivity index (χ1v) is 9.50. The van der Waals surface area contributed by atoms with Gasteiger partial charge in [0.25, 0.3) is 0 Å². The molecule has 0 aromatic carbocycles. The van der Waals surface area contributed by atoms with Crippen molar-refractivity contribution in [3.8, 4) is 0 Å². The lowest BCUT2D eigenvalue weighted by Gasteiger charge is -2.47. The molecule has 0 radical (unpaired) electrons. The number of hydrogen-bond acceptors (Lipinski definition) is 5. The van der Waals surface area contributed by atoms with E-state index in [9.17, 15) is 18.0 Å². The Bertz CT molecular complexity index is 789. The van der Waals surface area contributed by atoms with Gasteiger partial charge >= 0.3 is 0 Å². The van der Waals surface area contributed by atoms with E-state index in [0.717, 1.165) is 6.26 Å². The van der Waals surface area contributed by atoms with Crippen LogP contribution in [0.3, 0.4) is 0 Å². The van der Waals surface area contributed by atoms with Crippen molar-refractivity contribution < 1.29 is 18.0 Å². The van der Waals surface area contributed by atoms with Gasteiger partial charge < -0.3 is 9.80 Å². The summed E-state index contributed by atoms with van der Waals surface area (Å²) >= 11 is 0. The van der Waals surface area contributed by atoms with Crippen molar-refractivity contribution in [3.05, 3.63) is 12.4 Å². The molecular weight excluding hydrogens is 334 g/mol. The molecule has 3 heterocycles. The zero-order valence-electron chi connectivity index (χ0n) is 14.0. The van der Waals surface area contributed by atoms with Gasteiger partial charge in [0, 0.05) is 33.3 Å². The molecule has 2 aliphatic heterocycles. The van der Waals surface area contributed by atoms with E-state index < -0.39 is 15.6 Å². The van der Waals surface area contributed by atoms with E-state index in [0.29, 0.717) is 18.7 Å². The number of anilines is 1. The molecular formula is C14H21N5O4S. The van der Waals surface area contributed by atoms with Crippen LogP contribution in [0.15, 0.2) is 12.4 Å². The molecule has 0 aliphatic carbocycles. The van der Waals surface area contributed by atoms with Gasteiger partial charge in [0.1, 0.15) is 6.54 Å². The van der Waals surface area contributed by atoms with E-state index in [2.05, 4.69) is 5.10 Å². The van der Waals surface area contributed by atoms with Gasteiger partial charge in [-0.2, -0.15) is 9.40 Å². The van der Waals surface area contributed by atoms with Crippen LogP contribution in [0.1, 0.15) is 13.3 Å². The second-order valence-corrected chi connectivity index (χ2v) is 8.51. The van der Waals surface area contributed by atoms with E-state index in [4.69, 9.17) is 0 Å². The summed E-state index contributed by atoms with van der Waals surface area (Å²) < 4.78 is 26.7. The minimum atomic E-state index is -3.34. The molecule has 2 amide bonds. The van der Waals surface area contributed by atoms with Gasteiger partial charge in [-0.05, 0) is 6.42 Å². The summed E-state index contributed by atoms with van der Waals surface area (Å²) in [6.45, 7) is 2.18. The number of aryl methyl sites for hydroxylation is 1. The quantitative estimate of drug-likeness (QED) is 0.679. The fourth-order valence-corrected chi connectivity index (χ4v) is 4.43. The average Bonchev–Trinajstić information content (AvgIpc) is 3.08. The predicted molar refractivity (Wildman–Crippen MR) is 86.7 cm³/mol. The molecule has 2 saturated heterocycles. The molecule has 3 rings (SSSR count). The Kier molecular flexibility index (Phi) is 3.91. The second-order valence-electron chi connectivity index (χ2n) is 6.53. The highest BCUT2D eigenvalue weighted by molar-refractivity contribution is 7.88. The number of aromatic nitrogens is 2. The minimum absolute atomic E-state index is 0.0537. The molecule has 0 saturated carbocycles. The third-order valence-corrected chi connectivity index (χ3v) is 6.02. The SMILES string of the molecule is CC(=O)N1CC(=O)N(c2cnn(C)c2)CC12CCN(S(C)(=O)=O)C2. The standard InChI is InChI=1S/C14H21N5O4S/c1-11(20)19-8-13(21)18(12-6-15-16(2)7-12)10-14(19)4-5-17(9-14)24(3,22)23/h6-7H,4-5,8-10H2,1-3H3. The van der Waals surface area contributed by atoms with Crippen molar-refractivity contribution in [1.82, 2.24) is 19.0 Å². The van der Waals surface area contributed by atoms with Crippen molar-refractivity contribution in [3.63, 3.8) is 0 Å². The average molecular weight is 355 g/mol. The Morgan fingerprint density at radius 3 is 2.54 bits per heavy atom. The fourth-order valence-electron chi connectivity index (χ4n) is 3.54. The number of hydrogen-bond donors (Lipinski definition) is 0. The van der Waals surface area contributed by atoms with Gasteiger partial charge in [0.05, 0.1) is 30.2 Å². The zero-order chi connectivity index (χ0) is 17.7. The van der Waals surface area contributed by atoms with Crippen molar-refractivity contribution in [2.24, 2.45) is 7.05 Å². The molecule has 0 bridgehead atoms. The number of amides is 2. The number of piperazine rings is 1. The molecule has 1 atom stereocenters. The van der Waals surface area contributed by atoms with Gasteiger partial charge in [0.15, 0.2) is 0 Å². The first kappa shape index (κ1) is 16.9. The third kappa shape index (κ3) is 2.80. The molecule has 1 aromatic rings. The van der Waals surface area contributed by atoms with Crippen LogP contribution in [0.5, 0.6) is 0 Å². The Morgan fingerprint density at radius 1 is 1.33 bits per heavy atom. The summed E-state index contributed by atoms with van der Waals surface area (Å²) in [5, 5.41) is 4.09. The summed E-state index contributed by atoms with van der Waals surface area (Å²) in [6.07, 6.45) is 5.00. The lowest BCUT2D eigenvalue weighted by atomic mass is 9.92. The van der Waals surface area contributed by atoms with Crippen molar-refractivity contribution in [2.45, 2.75) is 18.9 Å². The Labute approximate surface area is 140 Å². The van der Waals surface area contributed by atoms with Crippen LogP contribution >= 0.6 is 0 Å². The number of carbonyl (C=O) groups is 2. The van der Waals surface area contributed by atoms with Crippen LogP contribution < -0.4 is 4.90 Å². The maximum Gasteiger partial charge on any atom is 0.246 e. The summed E-state index contributed by atoms with van der Waals surface area (Å²) in [5.41, 5.74) is -0.0403. The summed E-state index contributed by atoms with van der Waals surface area (Å²) in [6, 6.07) is 0. The first-order valence-electron chi connectivity index (χ1n) is 7.65. The zero-order valence-corrected chi connectivity index (χ0v) is 14.8. The van der Waals surface area contributed by atoms with Crippen molar-refractivity contribution >= 4 is 27.5 Å². The normalized spacial score (nSPS) is 25.7. The number of nitrogens with zero attached hydrogens (tertiary/aromatic N) is 5. The highest BCUT2D eigenvalue weighted by Gasteiger charge is 2.52. The highest BCUT2D eigenvalue weighted by atomic mass is 32.2. The largest absolute Gasteiger partial charge is 0.325 e. The van der Waals surface area contributed by atoms with Crippen molar-refractivity contribution in [2.75, 3.05) is 37.3 Å². The van der Waals surface area contributed by atoms with E-state index in [1.165, 1.54) is 16.1 Å². The van der Waals surface area contributed by atoms with Gasteiger partial charge in [-0.1, -0.05) is 0 Å². The van der Waals surface area contributed by atoms with E-state index in [-0.39, 0.29) is 31.4 Å². The summed E-state index contributed by atoms with van der Waals surface area (Å²) in [4.78, 5) is 27.7. The first-order chi connectivity index (χ1) is 11.1. The smallest absolute Gasteiger partial charge is 0.246 e. The number of carbonyl (C=O) groups excluding carboxylic acids is 2. The highest BCUT2D eigenvalue weighted by Crippen LogP contribution is 2.35. The van der Waals surface area contributed by atoms with Crippen LogP contribution in [-0.4, -0.2) is 77.2 Å². The van der Waals surface area contributed by atoms with Crippen LogP contribution in [-0.2, 0) is 26.7 Å². The molecule has 1 aromatic heterocycles. The van der Waals surface area contributed by atoms with Crippen LogP contribution in [0.25, 0.3) is 0 Å². The molecule has 0 N–H and O–H groups in total. The minimum Gasteiger partial charge on any atom is -0.325 e. The van der Waals surface area contributed by atoms with Gasteiger partial charge in [-0.25, -0.2) is 8.42 Å². The molecule has 10 heteroatoms. The summed E-state index contributed by atoms with van der Waals surface area (Å²) in [7, 11) is -1.58. The Morgan fingerprint density at radius 2 is 2.04 bits per heavy atom. The molecule has 1 spiro atoms. The molecule has 1 unspecified atom stereocenters. The van der Waals surface area contributed by atoms with E-state index in [1.807, 2.05) is 0 Å². The lowest BCUT2D eigenvalue weighted by molar-refractivity contribution is -0.142. The topological polar surface area (TPSA) is 95.8 Å². The second kappa shape index (κ2) is 5.55. The van der Waals surface area contributed by atoms with Gasteiger partial charge in [-0.3, -0.25) is 14.3 Å². The predicted octanol–water partition coefficient (Wildman–Crippen LogP) is -0.981. The van der Waals surface area contributed by atoms with Crippen molar-refractivity contribution in [1.29, 1.82) is 0 Å².